The number of rotatable bonds is 5. The van der Waals surface area contributed by atoms with Gasteiger partial charge in [0.2, 0.25) is 0 Å². The molecule has 0 aliphatic rings. The molecule has 0 unspecified atom stereocenters. The molecule has 1 nitrogen and oxygen atoms in total. The Bertz CT molecular complexity index is 2030. The predicted molar refractivity (Wildman–Crippen MR) is 188 cm³/mol. The van der Waals surface area contributed by atoms with Crippen LogP contribution in [0, 0.1) is 20.8 Å². The van der Waals surface area contributed by atoms with Crippen molar-refractivity contribution in [2.24, 2.45) is 0 Å². The first-order valence-corrected chi connectivity index (χ1v) is 15.7. The highest BCUT2D eigenvalue weighted by molar-refractivity contribution is 6.30. The Hall–Kier alpha value is -5.01. The van der Waals surface area contributed by atoms with Gasteiger partial charge in [-0.2, -0.15) is 26.3 Å². The van der Waals surface area contributed by atoms with Crippen LogP contribution in [0.4, 0.5) is 43.4 Å². The third-order valence-corrected chi connectivity index (χ3v) is 8.11. The molecule has 0 bridgehead atoms. The van der Waals surface area contributed by atoms with Crippen LogP contribution in [0.2, 0.25) is 5.02 Å². The highest BCUT2D eigenvalue weighted by atomic mass is 35.5. The first-order valence-electron chi connectivity index (χ1n) is 15.3. The molecule has 8 heteroatoms. The van der Waals surface area contributed by atoms with Crippen molar-refractivity contribution in [3.8, 4) is 22.3 Å². The van der Waals surface area contributed by atoms with Crippen LogP contribution in [0.15, 0.2) is 140 Å². The number of aryl methyl sites for hydroxylation is 3. The SMILES string of the molecule is Cc1cccc(-c2ccc(N(c3ccc(-c4cccc(C(F)(F)F)c4)cc3)c3ccc(C)cc3C)cc2)c1.FC(F)(F)c1cccc(Cl)c1. The zero-order valence-electron chi connectivity index (χ0n) is 26.9. The van der Waals surface area contributed by atoms with E-state index >= 15 is 0 Å². The number of nitrogens with zero attached hydrogens (tertiary/aromatic N) is 1. The smallest absolute Gasteiger partial charge is 0.310 e. The molecule has 0 radical (unpaired) electrons. The van der Waals surface area contributed by atoms with Gasteiger partial charge in [0.25, 0.3) is 0 Å². The molecule has 0 atom stereocenters. The first kappa shape index (κ1) is 35.3. The van der Waals surface area contributed by atoms with Gasteiger partial charge in [0, 0.05) is 22.1 Å². The third kappa shape index (κ3) is 8.92. The van der Waals surface area contributed by atoms with Crippen molar-refractivity contribution >= 4 is 28.7 Å². The fourth-order valence-electron chi connectivity index (χ4n) is 5.45. The number of hydrogen-bond donors (Lipinski definition) is 0. The van der Waals surface area contributed by atoms with Crippen LogP contribution >= 0.6 is 11.6 Å². The Morgan fingerprint density at radius 3 is 1.39 bits per heavy atom. The van der Waals surface area contributed by atoms with E-state index in [4.69, 9.17) is 11.6 Å². The summed E-state index contributed by atoms with van der Waals surface area (Å²) in [6.45, 7) is 6.25. The molecule has 0 fully saturated rings. The molecule has 6 aromatic rings. The molecule has 0 saturated carbocycles. The second-order valence-corrected chi connectivity index (χ2v) is 12.1. The number of benzene rings is 6. The molecular formula is C41H32ClF6N. The highest BCUT2D eigenvalue weighted by Gasteiger charge is 2.31. The van der Waals surface area contributed by atoms with Crippen LogP contribution in [0.3, 0.4) is 0 Å². The molecule has 250 valence electrons. The molecule has 0 aliphatic heterocycles. The van der Waals surface area contributed by atoms with Crippen LogP contribution in [-0.4, -0.2) is 0 Å². The van der Waals surface area contributed by atoms with Gasteiger partial charge in [-0.15, -0.1) is 0 Å². The first-order chi connectivity index (χ1) is 23.2. The van der Waals surface area contributed by atoms with Gasteiger partial charge in [-0.25, -0.2) is 0 Å². The van der Waals surface area contributed by atoms with Gasteiger partial charge in [0.15, 0.2) is 0 Å². The van der Waals surface area contributed by atoms with E-state index in [2.05, 4.69) is 92.4 Å². The summed E-state index contributed by atoms with van der Waals surface area (Å²) < 4.78 is 75.5. The zero-order valence-corrected chi connectivity index (χ0v) is 27.6. The van der Waals surface area contributed by atoms with Gasteiger partial charge in [0.1, 0.15) is 0 Å². The lowest BCUT2D eigenvalue weighted by Gasteiger charge is -2.27. The van der Waals surface area contributed by atoms with E-state index in [0.717, 1.165) is 52.0 Å². The van der Waals surface area contributed by atoms with Crippen molar-refractivity contribution in [3.05, 3.63) is 172 Å². The van der Waals surface area contributed by atoms with Gasteiger partial charge in [-0.1, -0.05) is 102 Å². The summed E-state index contributed by atoms with van der Waals surface area (Å²) in [5.41, 5.74) is 8.71. The zero-order chi connectivity index (χ0) is 35.3. The highest BCUT2D eigenvalue weighted by Crippen LogP contribution is 2.39. The minimum Gasteiger partial charge on any atom is -0.310 e. The Morgan fingerprint density at radius 1 is 0.449 bits per heavy atom. The standard InChI is InChI=1S/C34H28F3N.C7H4ClF3/c1-23-6-4-7-28(21-23)26-11-15-31(16-12-26)38(33-19-10-24(2)20-25(33)3)32-17-13-27(14-18-32)29-8-5-9-30(22-29)34(35,36)37;8-6-3-1-2-5(4-6)7(9,10)11/h4-22H,1-3H3;1-4H. The molecule has 0 saturated heterocycles. The van der Waals surface area contributed by atoms with Crippen molar-refractivity contribution < 1.29 is 26.3 Å². The second-order valence-electron chi connectivity index (χ2n) is 11.7. The van der Waals surface area contributed by atoms with Crippen LogP contribution in [-0.2, 0) is 12.4 Å². The number of anilines is 3. The number of alkyl halides is 6. The third-order valence-electron chi connectivity index (χ3n) is 7.87. The molecule has 6 aromatic carbocycles. The summed E-state index contributed by atoms with van der Waals surface area (Å²) in [6.07, 6.45) is -8.68. The lowest BCUT2D eigenvalue weighted by molar-refractivity contribution is -0.138. The molecule has 0 aromatic heterocycles. The Labute approximate surface area is 287 Å². The predicted octanol–water partition coefficient (Wildman–Crippen LogP) is 13.8. The van der Waals surface area contributed by atoms with Crippen molar-refractivity contribution in [3.63, 3.8) is 0 Å². The van der Waals surface area contributed by atoms with E-state index in [1.807, 2.05) is 24.3 Å². The molecule has 49 heavy (non-hydrogen) atoms. The Morgan fingerprint density at radius 2 is 0.918 bits per heavy atom. The summed E-state index contributed by atoms with van der Waals surface area (Å²) >= 11 is 5.35. The minimum absolute atomic E-state index is 0.0971. The van der Waals surface area contributed by atoms with Gasteiger partial charge >= 0.3 is 12.4 Å². The van der Waals surface area contributed by atoms with Crippen LogP contribution in [0.25, 0.3) is 22.3 Å². The summed E-state index contributed by atoms with van der Waals surface area (Å²) in [5, 5.41) is 0.0971. The Kier molecular flexibility index (Phi) is 10.5. The second kappa shape index (κ2) is 14.6. The van der Waals surface area contributed by atoms with Gasteiger partial charge in [-0.3, -0.25) is 0 Å². The molecule has 6 rings (SSSR count). The average molecular weight is 688 g/mol. The van der Waals surface area contributed by atoms with E-state index < -0.39 is 23.5 Å². The van der Waals surface area contributed by atoms with Gasteiger partial charge in [0.05, 0.1) is 11.1 Å². The van der Waals surface area contributed by atoms with Gasteiger partial charge < -0.3 is 4.90 Å². The topological polar surface area (TPSA) is 3.24 Å². The van der Waals surface area contributed by atoms with E-state index in [9.17, 15) is 26.3 Å². The van der Waals surface area contributed by atoms with Crippen molar-refractivity contribution in [1.82, 2.24) is 0 Å². The van der Waals surface area contributed by atoms with Crippen LogP contribution < -0.4 is 4.90 Å². The fourth-order valence-corrected chi connectivity index (χ4v) is 5.64. The molecule has 0 aliphatic carbocycles. The lowest BCUT2D eigenvalue weighted by atomic mass is 10.0. The fraction of sp³-hybridized carbons (Fsp3) is 0.122. The summed E-state index contributed by atoms with van der Waals surface area (Å²) in [7, 11) is 0. The monoisotopic (exact) mass is 687 g/mol. The maximum absolute atomic E-state index is 13.2. The summed E-state index contributed by atoms with van der Waals surface area (Å²) in [5.74, 6) is 0. The molecule has 0 spiro atoms. The largest absolute Gasteiger partial charge is 0.416 e. The normalized spacial score (nSPS) is 11.5. The average Bonchev–Trinajstić information content (AvgIpc) is 3.06. The Balaban J connectivity index is 0.000000363. The van der Waals surface area contributed by atoms with Crippen molar-refractivity contribution in [2.75, 3.05) is 4.90 Å². The minimum atomic E-state index is -4.37. The molecule has 0 N–H and O–H groups in total. The summed E-state index contributed by atoms with van der Waals surface area (Å²) in [6, 6.07) is 40.9. The van der Waals surface area contributed by atoms with E-state index in [1.165, 1.54) is 41.0 Å². The number of hydrogen-bond acceptors (Lipinski definition) is 1. The van der Waals surface area contributed by atoms with E-state index in [-0.39, 0.29) is 5.02 Å². The quantitative estimate of drug-likeness (QED) is 0.163. The van der Waals surface area contributed by atoms with E-state index in [1.54, 1.807) is 6.07 Å². The van der Waals surface area contributed by atoms with E-state index in [0.29, 0.717) is 5.56 Å². The lowest BCUT2D eigenvalue weighted by Crippen LogP contribution is -2.11. The van der Waals surface area contributed by atoms with Crippen molar-refractivity contribution in [1.29, 1.82) is 0 Å². The molecule has 0 heterocycles. The number of halogens is 7. The molecule has 0 amide bonds. The van der Waals surface area contributed by atoms with Gasteiger partial charge in [-0.05, 0) is 109 Å². The van der Waals surface area contributed by atoms with Crippen molar-refractivity contribution in [2.45, 2.75) is 33.1 Å². The maximum Gasteiger partial charge on any atom is 0.416 e. The van der Waals surface area contributed by atoms with Crippen LogP contribution in [0.1, 0.15) is 27.8 Å². The maximum atomic E-state index is 13.2. The summed E-state index contributed by atoms with van der Waals surface area (Å²) in [4.78, 5) is 2.19. The van der Waals surface area contributed by atoms with Crippen LogP contribution in [0.5, 0.6) is 0 Å². The molecular weight excluding hydrogens is 656 g/mol.